The molecule has 42 heavy (non-hydrogen) atoms. The molecule has 2 N–H and O–H groups in total. The number of anilines is 1. The Bertz CT molecular complexity index is 1210. The summed E-state index contributed by atoms with van der Waals surface area (Å²) in [5.74, 6) is 0.967. The molecule has 0 radical (unpaired) electrons. The molecule has 1 saturated carbocycles. The zero-order chi connectivity index (χ0) is 30.0. The molecule has 4 rings (SSSR count). The van der Waals surface area contributed by atoms with E-state index in [1.807, 2.05) is 18.2 Å². The highest BCUT2D eigenvalue weighted by Gasteiger charge is 2.32. The molecule has 2 fully saturated rings. The molecule has 0 unspecified atom stereocenters. The first-order chi connectivity index (χ1) is 20.3. The van der Waals surface area contributed by atoms with Crippen LogP contribution in [0.4, 0.5) is 5.82 Å². The minimum absolute atomic E-state index is 0.156. The fourth-order valence-electron chi connectivity index (χ4n) is 5.72. The quantitative estimate of drug-likeness (QED) is 0.285. The number of nitriles is 1. The molecule has 2 atom stereocenters. The summed E-state index contributed by atoms with van der Waals surface area (Å²) in [5, 5.41) is 17.4. The Morgan fingerprint density at radius 1 is 1.24 bits per heavy atom. The summed E-state index contributed by atoms with van der Waals surface area (Å²) >= 11 is 6.59. The van der Waals surface area contributed by atoms with Gasteiger partial charge in [0, 0.05) is 49.3 Å². The summed E-state index contributed by atoms with van der Waals surface area (Å²) in [4.78, 5) is 21.2. The highest BCUT2D eigenvalue weighted by Crippen LogP contribution is 2.33. The summed E-state index contributed by atoms with van der Waals surface area (Å²) in [5.41, 5.74) is 2.24. The van der Waals surface area contributed by atoms with E-state index in [4.69, 9.17) is 30.8 Å². The Kier molecular flexibility index (Phi) is 12.0. The van der Waals surface area contributed by atoms with E-state index in [1.165, 1.54) is 0 Å². The van der Waals surface area contributed by atoms with Crippen molar-refractivity contribution in [1.82, 2.24) is 15.3 Å². The van der Waals surface area contributed by atoms with E-state index in [0.29, 0.717) is 50.0 Å². The highest BCUT2D eigenvalue weighted by molar-refractivity contribution is 6.33. The smallest absolute Gasteiger partial charge is 0.334 e. The van der Waals surface area contributed by atoms with Crippen LogP contribution in [-0.2, 0) is 25.4 Å². The van der Waals surface area contributed by atoms with Crippen LogP contribution in [0.3, 0.4) is 0 Å². The fraction of sp³-hybridized carbons (Fsp3) is 0.625. The lowest BCUT2D eigenvalue weighted by molar-refractivity contribution is -0.155. The lowest BCUT2D eigenvalue weighted by atomic mass is 9.82. The minimum atomic E-state index is -0.552. The van der Waals surface area contributed by atoms with E-state index in [9.17, 15) is 10.1 Å². The van der Waals surface area contributed by atoms with E-state index >= 15 is 0 Å². The van der Waals surface area contributed by atoms with Crippen molar-refractivity contribution in [2.45, 2.75) is 83.9 Å². The standard InChI is InChI=1S/C32H44ClN5O4/c1-4-41-31(39)23(3)42-19-22(2)37-25-10-8-24(9-11-25)16-26-17-27(28(33)18-35-26)29-6-5-7-30(38-29)36-21-32(20-34)12-14-40-15-13-32/h5-7,17-18,22-25,37H,4,8-16,19,21H2,1-3H3,(H,36,38)/t22-,23+,24?,25?/m1/s1. The molecular weight excluding hydrogens is 554 g/mol. The van der Waals surface area contributed by atoms with Gasteiger partial charge < -0.3 is 24.8 Å². The van der Waals surface area contributed by atoms with Crippen LogP contribution in [-0.4, -0.2) is 67.1 Å². The number of nitrogens with one attached hydrogen (secondary N) is 2. The van der Waals surface area contributed by atoms with Gasteiger partial charge >= 0.3 is 5.97 Å². The Morgan fingerprint density at radius 2 is 2.00 bits per heavy atom. The monoisotopic (exact) mass is 597 g/mol. The van der Waals surface area contributed by atoms with Crippen LogP contribution in [0.1, 0.15) is 65.0 Å². The van der Waals surface area contributed by atoms with Gasteiger partial charge in [-0.15, -0.1) is 0 Å². The predicted octanol–water partition coefficient (Wildman–Crippen LogP) is 5.58. The summed E-state index contributed by atoms with van der Waals surface area (Å²) in [6.07, 6.45) is 7.94. The number of halogens is 1. The molecule has 2 aromatic rings. The summed E-state index contributed by atoms with van der Waals surface area (Å²) in [6, 6.07) is 11.0. The average Bonchev–Trinajstić information content (AvgIpc) is 3.01. The van der Waals surface area contributed by atoms with Crippen molar-refractivity contribution in [1.29, 1.82) is 5.26 Å². The van der Waals surface area contributed by atoms with Crippen LogP contribution < -0.4 is 10.6 Å². The van der Waals surface area contributed by atoms with Gasteiger partial charge in [0.2, 0.25) is 0 Å². The van der Waals surface area contributed by atoms with Crippen molar-refractivity contribution in [2.75, 3.05) is 38.3 Å². The zero-order valence-corrected chi connectivity index (χ0v) is 25.8. The van der Waals surface area contributed by atoms with E-state index < -0.39 is 11.5 Å². The third-order valence-electron chi connectivity index (χ3n) is 8.31. The van der Waals surface area contributed by atoms with Gasteiger partial charge in [0.1, 0.15) is 5.82 Å². The van der Waals surface area contributed by atoms with Crippen LogP contribution in [0.15, 0.2) is 30.5 Å². The van der Waals surface area contributed by atoms with Crippen molar-refractivity contribution in [2.24, 2.45) is 11.3 Å². The van der Waals surface area contributed by atoms with Crippen molar-refractivity contribution in [3.63, 3.8) is 0 Å². The number of carbonyl (C=O) groups is 1. The molecule has 2 aliphatic rings. The molecule has 0 aromatic carbocycles. The molecule has 1 aliphatic carbocycles. The number of nitrogens with zero attached hydrogens (tertiary/aromatic N) is 3. The van der Waals surface area contributed by atoms with Gasteiger partial charge in [-0.1, -0.05) is 17.7 Å². The number of ether oxygens (including phenoxy) is 3. The van der Waals surface area contributed by atoms with E-state index in [-0.39, 0.29) is 12.0 Å². The van der Waals surface area contributed by atoms with Gasteiger partial charge in [-0.05, 0) is 89.8 Å². The van der Waals surface area contributed by atoms with Crippen molar-refractivity contribution >= 4 is 23.4 Å². The molecular formula is C32H44ClN5O4. The summed E-state index contributed by atoms with van der Waals surface area (Å²) in [6.45, 7) is 8.21. The van der Waals surface area contributed by atoms with Crippen LogP contribution >= 0.6 is 11.6 Å². The topological polar surface area (TPSA) is 118 Å². The third kappa shape index (κ3) is 9.11. The fourth-order valence-corrected chi connectivity index (χ4v) is 5.92. The predicted molar refractivity (Wildman–Crippen MR) is 163 cm³/mol. The molecule has 9 nitrogen and oxygen atoms in total. The van der Waals surface area contributed by atoms with Gasteiger partial charge in [0.15, 0.2) is 6.10 Å². The first-order valence-electron chi connectivity index (χ1n) is 15.2. The van der Waals surface area contributed by atoms with E-state index in [2.05, 4.69) is 34.7 Å². The Morgan fingerprint density at radius 3 is 2.71 bits per heavy atom. The third-order valence-corrected chi connectivity index (χ3v) is 8.61. The Labute approximate surface area is 254 Å². The summed E-state index contributed by atoms with van der Waals surface area (Å²) < 4.78 is 16.2. The first kappa shape index (κ1) is 32.2. The van der Waals surface area contributed by atoms with Crippen LogP contribution in [0.5, 0.6) is 0 Å². The van der Waals surface area contributed by atoms with Crippen LogP contribution in [0, 0.1) is 22.7 Å². The molecule has 10 heteroatoms. The van der Waals surface area contributed by atoms with Crippen LogP contribution in [0.2, 0.25) is 5.02 Å². The normalized spacial score (nSPS) is 21.6. The number of rotatable bonds is 13. The molecule has 2 aromatic heterocycles. The maximum Gasteiger partial charge on any atom is 0.334 e. The SMILES string of the molecule is CCOC(=O)[C@H](C)OC[C@@H](C)NC1CCC(Cc2cc(-c3cccc(NCC4(C#N)CCOCC4)n3)c(Cl)cn2)CC1. The largest absolute Gasteiger partial charge is 0.464 e. The number of aromatic nitrogens is 2. The molecule has 1 saturated heterocycles. The summed E-state index contributed by atoms with van der Waals surface area (Å²) in [7, 11) is 0. The van der Waals surface area contributed by atoms with Crippen molar-refractivity contribution < 1.29 is 19.0 Å². The van der Waals surface area contributed by atoms with Crippen molar-refractivity contribution in [3.05, 3.63) is 41.2 Å². The second-order valence-corrected chi connectivity index (χ2v) is 12.0. The second kappa shape index (κ2) is 15.6. The Hall–Kier alpha value is -2.77. The second-order valence-electron chi connectivity index (χ2n) is 11.6. The van der Waals surface area contributed by atoms with Gasteiger partial charge in [-0.3, -0.25) is 4.98 Å². The van der Waals surface area contributed by atoms with Gasteiger partial charge in [0.25, 0.3) is 0 Å². The number of carbonyl (C=O) groups excluding carboxylic acids is 1. The highest BCUT2D eigenvalue weighted by atomic mass is 35.5. The van der Waals surface area contributed by atoms with Crippen LogP contribution in [0.25, 0.3) is 11.3 Å². The molecule has 228 valence electrons. The lowest BCUT2D eigenvalue weighted by Crippen LogP contribution is -2.42. The number of esters is 1. The van der Waals surface area contributed by atoms with Gasteiger partial charge in [0.05, 0.1) is 35.4 Å². The van der Waals surface area contributed by atoms with E-state index in [1.54, 1.807) is 20.0 Å². The lowest BCUT2D eigenvalue weighted by Gasteiger charge is -2.31. The molecule has 1 aliphatic heterocycles. The first-order valence-corrected chi connectivity index (χ1v) is 15.6. The maximum absolute atomic E-state index is 11.8. The van der Waals surface area contributed by atoms with Gasteiger partial charge in [-0.2, -0.15) is 5.26 Å². The number of pyridine rings is 2. The average molecular weight is 598 g/mol. The zero-order valence-electron chi connectivity index (χ0n) is 25.0. The van der Waals surface area contributed by atoms with E-state index in [0.717, 1.165) is 67.7 Å². The number of hydrogen-bond acceptors (Lipinski definition) is 9. The van der Waals surface area contributed by atoms with Crippen molar-refractivity contribution in [3.8, 4) is 17.3 Å². The molecule has 0 bridgehead atoms. The number of hydrogen-bond donors (Lipinski definition) is 2. The minimum Gasteiger partial charge on any atom is -0.464 e. The molecule has 3 heterocycles. The Balaban J connectivity index is 1.28. The van der Waals surface area contributed by atoms with Gasteiger partial charge in [-0.25, -0.2) is 9.78 Å². The molecule has 0 amide bonds. The maximum atomic E-state index is 11.8. The molecule has 0 spiro atoms.